The molecule has 1 rings (SSSR count). The number of aliphatic hydroxyl groups excluding tert-OH is 1. The third-order valence-electron chi connectivity index (χ3n) is 1.70. The Morgan fingerprint density at radius 2 is 2.00 bits per heavy atom. The van der Waals surface area contributed by atoms with E-state index in [2.05, 4.69) is 0 Å². The monoisotopic (exact) mass is 204 g/mol. The maximum atomic E-state index is 13.1. The van der Waals surface area contributed by atoms with Gasteiger partial charge in [-0.3, -0.25) is 0 Å². The summed E-state index contributed by atoms with van der Waals surface area (Å²) in [5.41, 5.74) is 0.220. The molecule has 0 atom stereocenters. The zero-order valence-electron chi connectivity index (χ0n) is 7.18. The molecule has 13 heavy (non-hydrogen) atoms. The van der Waals surface area contributed by atoms with E-state index < -0.39 is 11.6 Å². The first-order valence-electron chi connectivity index (χ1n) is 3.81. The highest BCUT2D eigenvalue weighted by Gasteiger charge is 2.08. The van der Waals surface area contributed by atoms with Gasteiger partial charge in [0.25, 0.3) is 0 Å². The van der Waals surface area contributed by atoms with Gasteiger partial charge in [0.2, 0.25) is 0 Å². The van der Waals surface area contributed by atoms with Crippen LogP contribution in [0, 0.1) is 11.6 Å². The molecule has 0 aromatic heterocycles. The van der Waals surface area contributed by atoms with Gasteiger partial charge in [-0.05, 0) is 30.4 Å². The van der Waals surface area contributed by atoms with Gasteiger partial charge in [-0.25, -0.2) is 8.78 Å². The average molecular weight is 204 g/mol. The smallest absolute Gasteiger partial charge is 0.137 e. The van der Waals surface area contributed by atoms with Crippen molar-refractivity contribution < 1.29 is 13.9 Å². The predicted octanol–water partition coefficient (Wildman–Crippen LogP) is 2.22. The number of benzene rings is 1. The van der Waals surface area contributed by atoms with Crippen molar-refractivity contribution in [1.29, 1.82) is 0 Å². The minimum Gasteiger partial charge on any atom is -0.396 e. The standard InChI is InChI=1S/C9H10F2OS/c1-13-9-5-7(10)6(2-3-12)4-8(9)11/h4-5,12H,2-3H2,1H3. The molecule has 0 unspecified atom stereocenters. The second-order valence-electron chi connectivity index (χ2n) is 2.55. The maximum absolute atomic E-state index is 13.1. The number of hydrogen-bond acceptors (Lipinski definition) is 2. The summed E-state index contributed by atoms with van der Waals surface area (Å²) in [6.45, 7) is -0.172. The van der Waals surface area contributed by atoms with Crippen LogP contribution in [0.1, 0.15) is 5.56 Å². The molecule has 72 valence electrons. The predicted molar refractivity (Wildman–Crippen MR) is 48.9 cm³/mol. The molecule has 0 aliphatic carbocycles. The molecule has 0 bridgehead atoms. The van der Waals surface area contributed by atoms with Crippen molar-refractivity contribution in [3.63, 3.8) is 0 Å². The van der Waals surface area contributed by atoms with E-state index in [4.69, 9.17) is 5.11 Å². The first kappa shape index (κ1) is 10.5. The van der Waals surface area contributed by atoms with Crippen LogP contribution in [0.3, 0.4) is 0 Å². The van der Waals surface area contributed by atoms with Crippen molar-refractivity contribution in [2.75, 3.05) is 12.9 Å². The molecule has 0 saturated carbocycles. The van der Waals surface area contributed by atoms with Crippen molar-refractivity contribution in [3.05, 3.63) is 29.3 Å². The number of aliphatic hydroxyl groups is 1. The summed E-state index contributed by atoms with van der Waals surface area (Å²) in [4.78, 5) is 0.291. The molecule has 0 radical (unpaired) electrons. The normalized spacial score (nSPS) is 10.5. The van der Waals surface area contributed by atoms with Gasteiger partial charge in [0, 0.05) is 11.5 Å². The van der Waals surface area contributed by atoms with Crippen LogP contribution in [0.25, 0.3) is 0 Å². The molecule has 0 saturated heterocycles. The zero-order valence-corrected chi connectivity index (χ0v) is 8.00. The quantitative estimate of drug-likeness (QED) is 0.762. The topological polar surface area (TPSA) is 20.2 Å². The van der Waals surface area contributed by atoms with Crippen molar-refractivity contribution >= 4 is 11.8 Å². The molecule has 1 aromatic carbocycles. The van der Waals surface area contributed by atoms with E-state index in [1.165, 1.54) is 0 Å². The van der Waals surface area contributed by atoms with E-state index in [1.807, 2.05) is 0 Å². The molecule has 0 aliphatic rings. The Labute approximate surface area is 79.8 Å². The van der Waals surface area contributed by atoms with Crippen molar-refractivity contribution in [1.82, 2.24) is 0 Å². The summed E-state index contributed by atoms with van der Waals surface area (Å²) < 4.78 is 26.2. The van der Waals surface area contributed by atoms with Gasteiger partial charge in [-0.15, -0.1) is 11.8 Å². The number of thioether (sulfide) groups is 1. The number of halogens is 2. The third kappa shape index (κ3) is 2.42. The Morgan fingerprint density at radius 1 is 1.31 bits per heavy atom. The zero-order chi connectivity index (χ0) is 9.84. The molecule has 1 nitrogen and oxygen atoms in total. The lowest BCUT2D eigenvalue weighted by Gasteiger charge is -2.04. The minimum atomic E-state index is -0.459. The Morgan fingerprint density at radius 3 is 2.54 bits per heavy atom. The lowest BCUT2D eigenvalue weighted by atomic mass is 10.1. The first-order chi connectivity index (χ1) is 6.19. The Hall–Kier alpha value is -0.610. The van der Waals surface area contributed by atoms with Crippen LogP contribution >= 0.6 is 11.8 Å². The maximum Gasteiger partial charge on any atom is 0.137 e. The Bertz CT molecular complexity index is 302. The van der Waals surface area contributed by atoms with Gasteiger partial charge in [-0.1, -0.05) is 0 Å². The van der Waals surface area contributed by atoms with Gasteiger partial charge in [-0.2, -0.15) is 0 Å². The van der Waals surface area contributed by atoms with Gasteiger partial charge >= 0.3 is 0 Å². The highest BCUT2D eigenvalue weighted by atomic mass is 32.2. The van der Waals surface area contributed by atoms with Crippen LogP contribution < -0.4 is 0 Å². The summed E-state index contributed by atoms with van der Waals surface area (Å²) in [5.74, 6) is -0.892. The van der Waals surface area contributed by atoms with Crippen LogP contribution in [0.15, 0.2) is 17.0 Å². The van der Waals surface area contributed by atoms with E-state index in [9.17, 15) is 8.78 Å². The molecular weight excluding hydrogens is 194 g/mol. The summed E-state index contributed by atoms with van der Waals surface area (Å²) in [6.07, 6.45) is 1.83. The minimum absolute atomic E-state index is 0.150. The average Bonchev–Trinajstić information content (AvgIpc) is 2.11. The summed E-state index contributed by atoms with van der Waals surface area (Å²) in [5, 5.41) is 8.57. The van der Waals surface area contributed by atoms with Gasteiger partial charge in [0.15, 0.2) is 0 Å². The molecule has 0 fully saturated rings. The second kappa shape index (κ2) is 4.58. The van der Waals surface area contributed by atoms with Crippen molar-refractivity contribution in [2.45, 2.75) is 11.3 Å². The molecule has 0 amide bonds. The Balaban J connectivity index is 3.05. The fourth-order valence-electron chi connectivity index (χ4n) is 1.04. The van der Waals surface area contributed by atoms with Gasteiger partial charge in [0.05, 0.1) is 0 Å². The molecule has 4 heteroatoms. The SMILES string of the molecule is CSc1cc(F)c(CCO)cc1F. The number of hydrogen-bond donors (Lipinski definition) is 1. The van der Waals surface area contributed by atoms with Crippen LogP contribution in [0.2, 0.25) is 0 Å². The largest absolute Gasteiger partial charge is 0.396 e. The van der Waals surface area contributed by atoms with Crippen molar-refractivity contribution in [3.8, 4) is 0 Å². The van der Waals surface area contributed by atoms with E-state index in [0.717, 1.165) is 23.9 Å². The van der Waals surface area contributed by atoms with E-state index in [0.29, 0.717) is 4.90 Å². The first-order valence-corrected chi connectivity index (χ1v) is 5.04. The highest BCUT2D eigenvalue weighted by molar-refractivity contribution is 7.98. The van der Waals surface area contributed by atoms with Crippen LogP contribution in [0.5, 0.6) is 0 Å². The lowest BCUT2D eigenvalue weighted by molar-refractivity contribution is 0.297. The molecule has 0 spiro atoms. The van der Waals surface area contributed by atoms with Gasteiger partial charge in [0.1, 0.15) is 11.6 Å². The second-order valence-corrected chi connectivity index (χ2v) is 3.40. The van der Waals surface area contributed by atoms with Crippen LogP contribution in [-0.2, 0) is 6.42 Å². The van der Waals surface area contributed by atoms with E-state index >= 15 is 0 Å². The Kier molecular flexibility index (Phi) is 3.69. The molecule has 1 N–H and O–H groups in total. The van der Waals surface area contributed by atoms with Crippen LogP contribution in [0.4, 0.5) is 8.78 Å². The van der Waals surface area contributed by atoms with E-state index in [1.54, 1.807) is 6.26 Å². The fourth-order valence-corrected chi connectivity index (χ4v) is 1.51. The molecule has 0 aliphatic heterocycles. The van der Waals surface area contributed by atoms with Crippen molar-refractivity contribution in [2.24, 2.45) is 0 Å². The number of rotatable bonds is 3. The third-order valence-corrected chi connectivity index (χ3v) is 2.45. The van der Waals surface area contributed by atoms with Crippen LogP contribution in [-0.4, -0.2) is 18.0 Å². The summed E-state index contributed by atoms with van der Waals surface area (Å²) in [7, 11) is 0. The highest BCUT2D eigenvalue weighted by Crippen LogP contribution is 2.22. The van der Waals surface area contributed by atoms with E-state index in [-0.39, 0.29) is 18.6 Å². The summed E-state index contributed by atoms with van der Waals surface area (Å²) in [6, 6.07) is 2.29. The summed E-state index contributed by atoms with van der Waals surface area (Å²) >= 11 is 1.16. The molecule has 1 aromatic rings. The fraction of sp³-hybridized carbons (Fsp3) is 0.333. The molecular formula is C9H10F2OS. The molecule has 0 heterocycles. The lowest BCUT2D eigenvalue weighted by Crippen LogP contribution is -1.97. The van der Waals surface area contributed by atoms with Gasteiger partial charge < -0.3 is 5.11 Å².